The van der Waals surface area contributed by atoms with Crippen molar-refractivity contribution >= 4 is 17.9 Å². The second-order valence-electron chi connectivity index (χ2n) is 15.2. The van der Waals surface area contributed by atoms with Crippen molar-refractivity contribution in [2.24, 2.45) is 0 Å². The minimum absolute atomic E-state index is 0.0422. The summed E-state index contributed by atoms with van der Waals surface area (Å²) in [5.74, 6) is -1.74. The fraction of sp³-hybridized carbons (Fsp3) is 0.881. The standard InChI is InChI=1S/C42H79NO7/c1-6-8-10-12-14-16-18-19-20-21-22-23-25-26-28-30-32-40(44)49-37-38(36-48-35-34-39(42(46)47)43(3,4)5)50-41(45)33-31-29-27-24-17-15-13-11-9-7-2/h11,13,38-39H,6-10,12,14-37H2,1-5H3/b13-11-. The van der Waals surface area contributed by atoms with Crippen LogP contribution in [0.25, 0.3) is 0 Å². The van der Waals surface area contributed by atoms with E-state index in [9.17, 15) is 19.5 Å². The van der Waals surface area contributed by atoms with Gasteiger partial charge in [-0.15, -0.1) is 0 Å². The number of ether oxygens (including phenoxy) is 3. The Balaban J connectivity index is 4.30. The third kappa shape index (κ3) is 32.0. The van der Waals surface area contributed by atoms with Crippen molar-refractivity contribution in [3.05, 3.63) is 12.2 Å². The van der Waals surface area contributed by atoms with Gasteiger partial charge >= 0.3 is 11.9 Å². The van der Waals surface area contributed by atoms with Crippen molar-refractivity contribution in [1.29, 1.82) is 0 Å². The van der Waals surface area contributed by atoms with Gasteiger partial charge in [0.05, 0.1) is 40.3 Å². The predicted octanol–water partition coefficient (Wildman–Crippen LogP) is 9.41. The first-order chi connectivity index (χ1) is 24.1. The molecular formula is C42H79NO7. The molecule has 0 radical (unpaired) electrons. The molecule has 0 bridgehead atoms. The minimum Gasteiger partial charge on any atom is -0.544 e. The number of unbranched alkanes of at least 4 members (excludes halogenated alkanes) is 21. The molecule has 0 heterocycles. The monoisotopic (exact) mass is 710 g/mol. The number of carbonyl (C=O) groups is 3. The van der Waals surface area contributed by atoms with Crippen LogP contribution in [0.2, 0.25) is 0 Å². The van der Waals surface area contributed by atoms with Crippen molar-refractivity contribution in [1.82, 2.24) is 0 Å². The number of aliphatic carboxylic acids is 1. The predicted molar refractivity (Wildman–Crippen MR) is 204 cm³/mol. The van der Waals surface area contributed by atoms with Gasteiger partial charge in [-0.05, 0) is 32.1 Å². The fourth-order valence-electron chi connectivity index (χ4n) is 6.13. The van der Waals surface area contributed by atoms with Gasteiger partial charge in [0.2, 0.25) is 0 Å². The van der Waals surface area contributed by atoms with E-state index in [-0.39, 0.29) is 42.7 Å². The summed E-state index contributed by atoms with van der Waals surface area (Å²) in [4.78, 5) is 36.7. The van der Waals surface area contributed by atoms with Crippen LogP contribution in [-0.2, 0) is 28.6 Å². The number of nitrogens with zero attached hydrogens (tertiary/aromatic N) is 1. The number of carbonyl (C=O) groups excluding carboxylic acids is 3. The van der Waals surface area contributed by atoms with Gasteiger partial charge in [-0.3, -0.25) is 9.59 Å². The van der Waals surface area contributed by atoms with E-state index in [1.165, 1.54) is 96.3 Å². The molecule has 2 atom stereocenters. The molecule has 0 N–H and O–H groups in total. The Morgan fingerprint density at radius 2 is 1.04 bits per heavy atom. The Bertz CT molecular complexity index is 838. The number of allylic oxidation sites excluding steroid dienone is 2. The molecule has 0 saturated heterocycles. The number of quaternary nitrogens is 1. The van der Waals surface area contributed by atoms with E-state index < -0.39 is 18.1 Å². The van der Waals surface area contributed by atoms with Gasteiger partial charge in [0.1, 0.15) is 12.6 Å². The molecule has 0 amide bonds. The second-order valence-corrected chi connectivity index (χ2v) is 15.2. The zero-order valence-electron chi connectivity index (χ0n) is 33.3. The quantitative estimate of drug-likeness (QED) is 0.0274. The van der Waals surface area contributed by atoms with Gasteiger partial charge in [0.25, 0.3) is 0 Å². The van der Waals surface area contributed by atoms with E-state index in [0.29, 0.717) is 12.8 Å². The zero-order valence-corrected chi connectivity index (χ0v) is 33.3. The van der Waals surface area contributed by atoms with E-state index in [1.54, 1.807) is 21.1 Å². The Morgan fingerprint density at radius 1 is 0.580 bits per heavy atom. The Kier molecular flexibility index (Phi) is 32.9. The van der Waals surface area contributed by atoms with Crippen LogP contribution in [0.4, 0.5) is 0 Å². The molecule has 0 rings (SSSR count). The summed E-state index contributed by atoms with van der Waals surface area (Å²) in [5, 5.41) is 11.6. The smallest absolute Gasteiger partial charge is 0.306 e. The number of hydrogen-bond acceptors (Lipinski definition) is 7. The first kappa shape index (κ1) is 48.1. The lowest BCUT2D eigenvalue weighted by molar-refractivity contribution is -0.889. The number of carboxylic acids is 1. The molecule has 8 nitrogen and oxygen atoms in total. The first-order valence-electron chi connectivity index (χ1n) is 20.7. The number of hydrogen-bond donors (Lipinski definition) is 0. The lowest BCUT2D eigenvalue weighted by Crippen LogP contribution is -2.55. The van der Waals surface area contributed by atoms with Crippen molar-refractivity contribution in [2.75, 3.05) is 41.0 Å². The maximum atomic E-state index is 12.6. The van der Waals surface area contributed by atoms with Gasteiger partial charge < -0.3 is 28.6 Å². The molecule has 50 heavy (non-hydrogen) atoms. The van der Waals surface area contributed by atoms with E-state index >= 15 is 0 Å². The molecule has 0 saturated carbocycles. The van der Waals surface area contributed by atoms with Crippen LogP contribution in [-0.4, -0.2) is 75.5 Å². The molecule has 0 aromatic heterocycles. The van der Waals surface area contributed by atoms with E-state index in [0.717, 1.165) is 57.8 Å². The molecule has 0 spiro atoms. The summed E-state index contributed by atoms with van der Waals surface area (Å²) in [6.07, 6.45) is 33.8. The molecule has 0 aliphatic heterocycles. The van der Waals surface area contributed by atoms with Crippen LogP contribution >= 0.6 is 0 Å². The van der Waals surface area contributed by atoms with Crippen molar-refractivity contribution in [3.8, 4) is 0 Å². The van der Waals surface area contributed by atoms with Crippen LogP contribution in [0, 0.1) is 0 Å². The normalized spacial score (nSPS) is 13.1. The van der Waals surface area contributed by atoms with E-state index in [1.807, 2.05) is 0 Å². The number of carboxylic acid groups (broad SMARTS) is 1. The molecule has 294 valence electrons. The SMILES string of the molecule is CCC/C=C\CCCCCCCC(=O)OC(COCCC(C(=O)[O-])[N+](C)(C)C)COC(=O)CCCCCCCCCCCCCCCCCC. The summed E-state index contributed by atoms with van der Waals surface area (Å²) < 4.78 is 17.1. The topological polar surface area (TPSA) is 102 Å². The minimum atomic E-state index is -1.12. The molecule has 2 unspecified atom stereocenters. The van der Waals surface area contributed by atoms with E-state index in [4.69, 9.17) is 14.2 Å². The van der Waals surface area contributed by atoms with Crippen LogP contribution in [0.3, 0.4) is 0 Å². The van der Waals surface area contributed by atoms with Gasteiger partial charge in [0.15, 0.2) is 6.10 Å². The average Bonchev–Trinajstić information content (AvgIpc) is 3.06. The molecule has 0 aromatic carbocycles. The van der Waals surface area contributed by atoms with Crippen LogP contribution in [0.15, 0.2) is 12.2 Å². The molecule has 0 aliphatic carbocycles. The third-order valence-corrected chi connectivity index (χ3v) is 9.38. The molecule has 8 heteroatoms. The van der Waals surface area contributed by atoms with Crippen molar-refractivity contribution < 1.29 is 38.2 Å². The lowest BCUT2D eigenvalue weighted by atomic mass is 10.0. The van der Waals surface area contributed by atoms with Gasteiger partial charge in [-0.25, -0.2) is 0 Å². The van der Waals surface area contributed by atoms with Gasteiger partial charge in [-0.2, -0.15) is 0 Å². The maximum Gasteiger partial charge on any atom is 0.306 e. The summed E-state index contributed by atoms with van der Waals surface area (Å²) >= 11 is 0. The highest BCUT2D eigenvalue weighted by molar-refractivity contribution is 5.70. The third-order valence-electron chi connectivity index (χ3n) is 9.38. The molecule has 0 aliphatic rings. The Labute approximate surface area is 308 Å². The molecule has 0 fully saturated rings. The largest absolute Gasteiger partial charge is 0.544 e. The van der Waals surface area contributed by atoms with E-state index in [2.05, 4.69) is 26.0 Å². The number of likely N-dealkylation sites (N-methyl/N-ethyl adjacent to an activating group) is 1. The highest BCUT2D eigenvalue weighted by Crippen LogP contribution is 2.15. The second kappa shape index (κ2) is 34.2. The van der Waals surface area contributed by atoms with Crippen LogP contribution in [0.1, 0.15) is 187 Å². The highest BCUT2D eigenvalue weighted by Gasteiger charge is 2.25. The van der Waals surface area contributed by atoms with Crippen LogP contribution < -0.4 is 5.11 Å². The zero-order chi connectivity index (χ0) is 37.1. The number of esters is 2. The van der Waals surface area contributed by atoms with Gasteiger partial charge in [-0.1, -0.05) is 148 Å². The molecular weight excluding hydrogens is 630 g/mol. The Hall–Kier alpha value is -1.93. The fourth-order valence-corrected chi connectivity index (χ4v) is 6.13. The van der Waals surface area contributed by atoms with Crippen LogP contribution in [0.5, 0.6) is 0 Å². The number of rotatable bonds is 37. The lowest BCUT2D eigenvalue weighted by Gasteiger charge is -2.34. The maximum absolute atomic E-state index is 12.6. The molecule has 0 aromatic rings. The summed E-state index contributed by atoms with van der Waals surface area (Å²) in [6, 6.07) is -0.721. The summed E-state index contributed by atoms with van der Waals surface area (Å²) in [5.41, 5.74) is 0. The Morgan fingerprint density at radius 3 is 1.52 bits per heavy atom. The first-order valence-corrected chi connectivity index (χ1v) is 20.7. The average molecular weight is 710 g/mol. The highest BCUT2D eigenvalue weighted by atomic mass is 16.6. The summed E-state index contributed by atoms with van der Waals surface area (Å²) in [7, 11) is 5.40. The van der Waals surface area contributed by atoms with Crippen molar-refractivity contribution in [2.45, 2.75) is 199 Å². The summed E-state index contributed by atoms with van der Waals surface area (Å²) in [6.45, 7) is 4.60. The van der Waals surface area contributed by atoms with Gasteiger partial charge in [0, 0.05) is 19.3 Å². The van der Waals surface area contributed by atoms with Crippen molar-refractivity contribution in [3.63, 3.8) is 0 Å².